The van der Waals surface area contributed by atoms with Crippen molar-refractivity contribution in [1.82, 2.24) is 0 Å². The van der Waals surface area contributed by atoms with E-state index in [1.807, 2.05) is 0 Å². The van der Waals surface area contributed by atoms with Crippen LogP contribution in [-0.2, 0) is 38.1 Å². The Kier molecular flexibility index (Phi) is 7.15. The van der Waals surface area contributed by atoms with Crippen molar-refractivity contribution in [2.45, 2.75) is 71.7 Å². The maximum atomic E-state index is 11.5. The van der Waals surface area contributed by atoms with Gasteiger partial charge >= 0.3 is 17.9 Å². The van der Waals surface area contributed by atoms with Crippen LogP contribution >= 0.6 is 0 Å². The maximum absolute atomic E-state index is 11.5. The number of hydrogen-bond acceptors (Lipinski definition) is 9. The fourth-order valence-electron chi connectivity index (χ4n) is 2.45. The lowest BCUT2D eigenvalue weighted by molar-refractivity contribution is -0.287. The second-order valence-electron chi connectivity index (χ2n) is 5.35. The highest BCUT2D eigenvalue weighted by molar-refractivity contribution is 5.70. The molecule has 0 amide bonds. The largest absolute Gasteiger partial charge is 0.456 e. The molecule has 0 saturated carbocycles. The van der Waals surface area contributed by atoms with Crippen LogP contribution in [0.1, 0.15) is 41.0 Å². The molecular formula is C15H23NO8. The van der Waals surface area contributed by atoms with Gasteiger partial charge in [0.25, 0.3) is 0 Å². The van der Waals surface area contributed by atoms with E-state index >= 15 is 0 Å². The molecule has 0 aromatic rings. The molecule has 136 valence electrons. The average molecular weight is 345 g/mol. The first-order chi connectivity index (χ1) is 11.1. The summed E-state index contributed by atoms with van der Waals surface area (Å²) in [7, 11) is 0. The van der Waals surface area contributed by atoms with Gasteiger partial charge in [0, 0.05) is 27.7 Å². The van der Waals surface area contributed by atoms with E-state index in [1.165, 1.54) is 27.7 Å². The molecule has 1 rings (SSSR count). The van der Waals surface area contributed by atoms with Gasteiger partial charge in [-0.05, 0) is 6.42 Å². The van der Waals surface area contributed by atoms with Crippen LogP contribution in [0.3, 0.4) is 0 Å². The maximum Gasteiger partial charge on any atom is 0.303 e. The molecule has 1 fully saturated rings. The molecule has 0 aliphatic carbocycles. The zero-order valence-electron chi connectivity index (χ0n) is 14.4. The molecule has 0 aromatic carbocycles. The third-order valence-corrected chi connectivity index (χ3v) is 3.19. The monoisotopic (exact) mass is 345 g/mol. The quantitative estimate of drug-likeness (QED) is 0.338. The summed E-state index contributed by atoms with van der Waals surface area (Å²) in [5.41, 5.74) is 0. The minimum Gasteiger partial charge on any atom is -0.456 e. The van der Waals surface area contributed by atoms with E-state index in [4.69, 9.17) is 29.1 Å². The Morgan fingerprint density at radius 1 is 0.833 bits per heavy atom. The average Bonchev–Trinajstić information content (AvgIpc) is 2.42. The van der Waals surface area contributed by atoms with Gasteiger partial charge in [0.05, 0.1) is 0 Å². The summed E-state index contributed by atoms with van der Waals surface area (Å²) in [5, 5.41) is 7.46. The van der Waals surface area contributed by atoms with Crippen LogP contribution in [0.15, 0.2) is 0 Å². The fraction of sp³-hybridized carbons (Fsp3) is 0.733. The Labute approximate surface area is 140 Å². The minimum absolute atomic E-state index is 0.167. The Hall–Kier alpha value is -2.16. The van der Waals surface area contributed by atoms with E-state index in [0.717, 1.165) is 0 Å². The molecule has 0 radical (unpaired) electrons. The van der Waals surface area contributed by atoms with Crippen LogP contribution in [0.5, 0.6) is 0 Å². The van der Waals surface area contributed by atoms with Gasteiger partial charge in [0.2, 0.25) is 12.4 Å². The fourth-order valence-corrected chi connectivity index (χ4v) is 2.45. The Morgan fingerprint density at radius 2 is 1.29 bits per heavy atom. The normalized spacial score (nSPS) is 29.3. The molecule has 5 atom stereocenters. The van der Waals surface area contributed by atoms with Gasteiger partial charge in [0.15, 0.2) is 18.1 Å². The van der Waals surface area contributed by atoms with Crippen LogP contribution < -0.4 is 0 Å². The lowest BCUT2D eigenvalue weighted by Crippen LogP contribution is -2.61. The van der Waals surface area contributed by atoms with Crippen LogP contribution in [0.4, 0.5) is 0 Å². The molecule has 0 bridgehead atoms. The number of ether oxygens (including phenoxy) is 5. The Morgan fingerprint density at radius 3 is 1.71 bits per heavy atom. The van der Waals surface area contributed by atoms with Crippen molar-refractivity contribution in [3.05, 3.63) is 0 Å². The van der Waals surface area contributed by atoms with Crippen LogP contribution in [-0.4, -0.2) is 54.5 Å². The smallest absolute Gasteiger partial charge is 0.303 e. The highest BCUT2D eigenvalue weighted by Gasteiger charge is 2.52. The lowest BCUT2D eigenvalue weighted by atomic mass is 9.96. The summed E-state index contributed by atoms with van der Waals surface area (Å²) in [6, 6.07) is 0. The molecule has 0 aromatic heterocycles. The first-order valence-corrected chi connectivity index (χ1v) is 7.54. The van der Waals surface area contributed by atoms with Crippen molar-refractivity contribution in [3.8, 4) is 0 Å². The lowest BCUT2D eigenvalue weighted by Gasteiger charge is -2.43. The molecule has 1 aliphatic heterocycles. The number of nitrogens with one attached hydrogen (secondary N) is 1. The van der Waals surface area contributed by atoms with Crippen molar-refractivity contribution in [3.63, 3.8) is 0 Å². The molecule has 1 N–H and O–H groups in total. The highest BCUT2D eigenvalue weighted by atomic mass is 16.7. The van der Waals surface area contributed by atoms with Crippen LogP contribution in [0.25, 0.3) is 0 Å². The molecule has 0 spiro atoms. The molecule has 0 unspecified atom stereocenters. The van der Waals surface area contributed by atoms with Gasteiger partial charge in [-0.3, -0.25) is 19.8 Å². The molecule has 9 nitrogen and oxygen atoms in total. The number of esters is 3. The third kappa shape index (κ3) is 5.48. The Balaban J connectivity index is 3.23. The minimum atomic E-state index is -1.18. The van der Waals surface area contributed by atoms with Crippen molar-refractivity contribution < 1.29 is 38.1 Å². The summed E-state index contributed by atoms with van der Waals surface area (Å²) in [5.74, 6) is -2.06. The molecule has 1 saturated heterocycles. The third-order valence-electron chi connectivity index (χ3n) is 3.19. The standard InChI is InChI=1S/C15H23NO8/c1-6-11-12(21-8(3)17)13(22-9(4)18)14(23-10(5)19)15(24-11)20-7(2)16/h11-16H,6H2,1-5H3/t11-,12-,13+,14+,15+/m1/s1. The first kappa shape index (κ1) is 19.9. The van der Waals surface area contributed by atoms with Gasteiger partial charge in [-0.15, -0.1) is 0 Å². The first-order valence-electron chi connectivity index (χ1n) is 7.54. The van der Waals surface area contributed by atoms with E-state index in [0.29, 0.717) is 6.42 Å². The number of carbonyl (C=O) groups excluding carboxylic acids is 3. The number of rotatable bonds is 5. The van der Waals surface area contributed by atoms with E-state index in [-0.39, 0.29) is 5.90 Å². The zero-order chi connectivity index (χ0) is 18.4. The topological polar surface area (TPSA) is 121 Å². The molecule has 1 heterocycles. The number of carbonyl (C=O) groups is 3. The predicted octanol–water partition coefficient (Wildman–Crippen LogP) is 0.930. The molecule has 9 heteroatoms. The summed E-state index contributed by atoms with van der Waals surface area (Å²) < 4.78 is 26.6. The summed E-state index contributed by atoms with van der Waals surface area (Å²) in [6.07, 6.45) is -4.66. The van der Waals surface area contributed by atoms with Crippen molar-refractivity contribution in [2.24, 2.45) is 0 Å². The molecule has 1 aliphatic rings. The summed E-state index contributed by atoms with van der Waals surface area (Å²) in [6.45, 7) is 6.74. The second kappa shape index (κ2) is 8.62. The van der Waals surface area contributed by atoms with E-state index in [9.17, 15) is 14.4 Å². The van der Waals surface area contributed by atoms with Gasteiger partial charge in [-0.1, -0.05) is 6.92 Å². The highest BCUT2D eigenvalue weighted by Crippen LogP contribution is 2.30. The van der Waals surface area contributed by atoms with Gasteiger partial charge in [-0.25, -0.2) is 0 Å². The SMILES string of the molecule is CC[C@H]1O[C@H](OC(C)=N)[C@@H](OC(C)=O)[C@@H](OC(C)=O)[C@@H]1OC(C)=O. The van der Waals surface area contributed by atoms with E-state index < -0.39 is 48.6 Å². The molecular weight excluding hydrogens is 322 g/mol. The summed E-state index contributed by atoms with van der Waals surface area (Å²) >= 11 is 0. The second-order valence-corrected chi connectivity index (χ2v) is 5.35. The van der Waals surface area contributed by atoms with Gasteiger partial charge in [0.1, 0.15) is 6.10 Å². The predicted molar refractivity (Wildman–Crippen MR) is 80.1 cm³/mol. The van der Waals surface area contributed by atoms with Gasteiger partial charge < -0.3 is 23.7 Å². The van der Waals surface area contributed by atoms with Crippen LogP contribution in [0, 0.1) is 5.41 Å². The zero-order valence-corrected chi connectivity index (χ0v) is 14.4. The van der Waals surface area contributed by atoms with Crippen molar-refractivity contribution in [1.29, 1.82) is 5.41 Å². The Bertz CT molecular complexity index is 506. The number of hydrogen-bond donors (Lipinski definition) is 1. The van der Waals surface area contributed by atoms with E-state index in [2.05, 4.69) is 0 Å². The van der Waals surface area contributed by atoms with Crippen LogP contribution in [0.2, 0.25) is 0 Å². The van der Waals surface area contributed by atoms with Crippen molar-refractivity contribution >= 4 is 23.8 Å². The van der Waals surface area contributed by atoms with E-state index in [1.54, 1.807) is 6.92 Å². The molecule has 24 heavy (non-hydrogen) atoms. The van der Waals surface area contributed by atoms with Gasteiger partial charge in [-0.2, -0.15) is 0 Å². The van der Waals surface area contributed by atoms with Crippen molar-refractivity contribution in [2.75, 3.05) is 0 Å². The summed E-state index contributed by atoms with van der Waals surface area (Å²) in [4.78, 5) is 34.3.